The largest absolute Gasteiger partial charge is 0.478 e. The van der Waals surface area contributed by atoms with Gasteiger partial charge in [-0.2, -0.15) is 0 Å². The highest BCUT2D eigenvalue weighted by molar-refractivity contribution is 7.14. The molecule has 0 radical (unpaired) electrons. The lowest BCUT2D eigenvalue weighted by Gasteiger charge is -2.19. The number of nitrogens with zero attached hydrogens (tertiary/aromatic N) is 1. The van der Waals surface area contributed by atoms with Crippen molar-refractivity contribution >= 4 is 34.0 Å². The molecular formula is C14H14N2O3S. The van der Waals surface area contributed by atoms with Crippen LogP contribution in [0.1, 0.15) is 15.9 Å². The zero-order valence-corrected chi connectivity index (χ0v) is 11.9. The molecule has 0 saturated heterocycles. The van der Waals surface area contributed by atoms with E-state index in [0.717, 1.165) is 11.3 Å². The molecule has 0 atom stereocenters. The number of benzene rings is 1. The number of carbonyl (C=O) groups excluding carboxylic acids is 1. The van der Waals surface area contributed by atoms with E-state index in [1.54, 1.807) is 12.4 Å². The molecule has 1 heterocycles. The predicted molar refractivity (Wildman–Crippen MR) is 79.9 cm³/mol. The minimum Gasteiger partial charge on any atom is -0.478 e. The van der Waals surface area contributed by atoms with Gasteiger partial charge in [0.2, 0.25) is 0 Å². The van der Waals surface area contributed by atoms with E-state index in [9.17, 15) is 9.59 Å². The van der Waals surface area contributed by atoms with Gasteiger partial charge in [0, 0.05) is 12.7 Å². The van der Waals surface area contributed by atoms with Crippen LogP contribution in [0.5, 0.6) is 0 Å². The van der Waals surface area contributed by atoms with Gasteiger partial charge in [0.05, 0.1) is 5.56 Å². The number of thiophene rings is 1. The van der Waals surface area contributed by atoms with Gasteiger partial charge in [0.1, 0.15) is 5.00 Å². The molecule has 0 spiro atoms. The lowest BCUT2D eigenvalue weighted by molar-refractivity contribution is 0.0698. The minimum atomic E-state index is -1.06. The average Bonchev–Trinajstić information content (AvgIpc) is 2.86. The number of para-hydroxylation sites is 1. The van der Waals surface area contributed by atoms with Gasteiger partial charge in [-0.15, -0.1) is 11.3 Å². The smallest absolute Gasteiger partial charge is 0.338 e. The number of hydrogen-bond acceptors (Lipinski definition) is 3. The zero-order chi connectivity index (χ0) is 14.7. The van der Waals surface area contributed by atoms with Crippen LogP contribution in [0.25, 0.3) is 0 Å². The van der Waals surface area contributed by atoms with Crippen LogP contribution in [-0.4, -0.2) is 24.2 Å². The van der Waals surface area contributed by atoms with E-state index >= 15 is 0 Å². The van der Waals surface area contributed by atoms with Gasteiger partial charge < -0.3 is 5.11 Å². The number of rotatable bonds is 3. The van der Waals surface area contributed by atoms with Crippen LogP contribution in [0.2, 0.25) is 0 Å². The van der Waals surface area contributed by atoms with Crippen molar-refractivity contribution in [2.24, 2.45) is 0 Å². The lowest BCUT2D eigenvalue weighted by atomic mass is 10.2. The summed E-state index contributed by atoms with van der Waals surface area (Å²) in [6, 6.07) is 8.58. The Morgan fingerprint density at radius 3 is 2.60 bits per heavy atom. The third kappa shape index (κ3) is 2.80. The summed E-state index contributed by atoms with van der Waals surface area (Å²) in [4.78, 5) is 24.6. The van der Waals surface area contributed by atoms with Crippen molar-refractivity contribution in [2.75, 3.05) is 17.3 Å². The molecule has 0 aliphatic heterocycles. The number of hydrogen-bond donors (Lipinski definition) is 2. The second kappa shape index (κ2) is 5.75. The highest BCUT2D eigenvalue weighted by Gasteiger charge is 2.17. The Labute approximate surface area is 120 Å². The normalized spacial score (nSPS) is 10.1. The number of carbonyl (C=O) groups is 2. The van der Waals surface area contributed by atoms with E-state index in [2.05, 4.69) is 5.32 Å². The molecule has 0 bridgehead atoms. The Hall–Kier alpha value is -2.34. The molecule has 5 nitrogen and oxygen atoms in total. The quantitative estimate of drug-likeness (QED) is 0.910. The van der Waals surface area contributed by atoms with Crippen molar-refractivity contribution in [3.05, 3.63) is 46.8 Å². The molecule has 2 rings (SSSR count). The number of anilines is 2. The monoisotopic (exact) mass is 290 g/mol. The zero-order valence-electron chi connectivity index (χ0n) is 11.1. The van der Waals surface area contributed by atoms with Gasteiger partial charge in [-0.1, -0.05) is 18.2 Å². The molecule has 2 aromatic rings. The molecule has 2 amide bonds. The second-order valence-corrected chi connectivity index (χ2v) is 5.16. The SMILES string of the molecule is Cc1ccccc1N(C)C(=O)Nc1sccc1C(=O)O. The van der Waals surface area contributed by atoms with Gasteiger partial charge in [0.15, 0.2) is 0 Å². The predicted octanol–water partition coefficient (Wildman–Crippen LogP) is 3.42. The van der Waals surface area contributed by atoms with Crippen molar-refractivity contribution in [3.63, 3.8) is 0 Å². The fourth-order valence-electron chi connectivity index (χ4n) is 1.80. The molecule has 2 N–H and O–H groups in total. The van der Waals surface area contributed by atoms with Crippen LogP contribution in [0.4, 0.5) is 15.5 Å². The summed E-state index contributed by atoms with van der Waals surface area (Å²) in [5.74, 6) is -1.06. The number of carboxylic acids is 1. The lowest BCUT2D eigenvalue weighted by Crippen LogP contribution is -2.31. The molecule has 6 heteroatoms. The van der Waals surface area contributed by atoms with Crippen LogP contribution in [0.15, 0.2) is 35.7 Å². The summed E-state index contributed by atoms with van der Waals surface area (Å²) in [6.45, 7) is 1.91. The van der Waals surface area contributed by atoms with Crippen LogP contribution in [0, 0.1) is 6.92 Å². The first kappa shape index (κ1) is 14.1. The summed E-state index contributed by atoms with van der Waals surface area (Å²) in [5.41, 5.74) is 1.84. The van der Waals surface area contributed by atoms with Crippen molar-refractivity contribution in [2.45, 2.75) is 6.92 Å². The average molecular weight is 290 g/mol. The number of aromatic carboxylic acids is 1. The van der Waals surface area contributed by atoms with Gasteiger partial charge in [-0.3, -0.25) is 10.2 Å². The third-order valence-corrected chi connectivity index (χ3v) is 3.73. The molecule has 104 valence electrons. The number of amides is 2. The highest BCUT2D eigenvalue weighted by Crippen LogP contribution is 2.25. The van der Waals surface area contributed by atoms with Gasteiger partial charge in [0.25, 0.3) is 0 Å². The number of carboxylic acid groups (broad SMARTS) is 1. The van der Waals surface area contributed by atoms with Crippen LogP contribution < -0.4 is 10.2 Å². The van der Waals surface area contributed by atoms with E-state index in [4.69, 9.17) is 5.11 Å². The Bertz CT molecular complexity index is 651. The topological polar surface area (TPSA) is 69.6 Å². The molecular weight excluding hydrogens is 276 g/mol. The van der Waals surface area contributed by atoms with Crippen molar-refractivity contribution in [1.29, 1.82) is 0 Å². The van der Waals surface area contributed by atoms with Crippen molar-refractivity contribution in [3.8, 4) is 0 Å². The molecule has 0 aliphatic rings. The van der Waals surface area contributed by atoms with Gasteiger partial charge in [-0.25, -0.2) is 9.59 Å². The Morgan fingerprint density at radius 2 is 1.95 bits per heavy atom. The first-order valence-corrected chi connectivity index (χ1v) is 6.80. The molecule has 0 aliphatic carbocycles. The maximum Gasteiger partial charge on any atom is 0.338 e. The van der Waals surface area contributed by atoms with E-state index in [0.29, 0.717) is 5.00 Å². The minimum absolute atomic E-state index is 0.0986. The first-order valence-electron chi connectivity index (χ1n) is 5.92. The maximum atomic E-state index is 12.2. The van der Waals surface area contributed by atoms with Crippen LogP contribution in [-0.2, 0) is 0 Å². The summed E-state index contributed by atoms with van der Waals surface area (Å²) in [6.07, 6.45) is 0. The summed E-state index contributed by atoms with van der Waals surface area (Å²) < 4.78 is 0. The molecule has 1 aromatic carbocycles. The molecule has 20 heavy (non-hydrogen) atoms. The molecule has 1 aromatic heterocycles. The third-order valence-electron chi connectivity index (χ3n) is 2.90. The fourth-order valence-corrected chi connectivity index (χ4v) is 2.57. The van der Waals surface area contributed by atoms with Gasteiger partial charge in [-0.05, 0) is 30.0 Å². The van der Waals surface area contributed by atoms with E-state index < -0.39 is 5.97 Å². The fraction of sp³-hybridized carbons (Fsp3) is 0.143. The van der Waals surface area contributed by atoms with E-state index in [1.807, 2.05) is 31.2 Å². The second-order valence-electron chi connectivity index (χ2n) is 4.24. The number of urea groups is 1. The van der Waals surface area contributed by atoms with Crippen LogP contribution in [0.3, 0.4) is 0 Å². The number of nitrogens with one attached hydrogen (secondary N) is 1. The first-order chi connectivity index (χ1) is 9.50. The van der Waals surface area contributed by atoms with Crippen molar-refractivity contribution < 1.29 is 14.7 Å². The summed E-state index contributed by atoms with van der Waals surface area (Å²) >= 11 is 1.18. The standard InChI is InChI=1S/C14H14N2O3S/c1-9-5-3-4-6-11(9)16(2)14(19)15-12-10(13(17)18)7-8-20-12/h3-8H,1-2H3,(H,15,19)(H,17,18). The van der Waals surface area contributed by atoms with Gasteiger partial charge >= 0.3 is 12.0 Å². The maximum absolute atomic E-state index is 12.2. The summed E-state index contributed by atoms with van der Waals surface area (Å²) in [7, 11) is 1.64. The number of aryl methyl sites for hydroxylation is 1. The van der Waals surface area contributed by atoms with Crippen molar-refractivity contribution in [1.82, 2.24) is 0 Å². The van der Waals surface area contributed by atoms with E-state index in [1.165, 1.54) is 22.3 Å². The van der Waals surface area contributed by atoms with E-state index in [-0.39, 0.29) is 11.6 Å². The van der Waals surface area contributed by atoms with Crippen LogP contribution >= 0.6 is 11.3 Å². The molecule has 0 unspecified atom stereocenters. The Morgan fingerprint density at radius 1 is 1.25 bits per heavy atom. The Balaban J connectivity index is 2.18. The highest BCUT2D eigenvalue weighted by atomic mass is 32.1. The molecule has 0 saturated carbocycles. The summed E-state index contributed by atoms with van der Waals surface area (Å²) in [5, 5.41) is 13.6. The molecule has 0 fully saturated rings. The Kier molecular flexibility index (Phi) is 4.05.